The molecule has 1 aromatic carbocycles. The molecule has 1 aromatic rings. The van der Waals surface area contributed by atoms with E-state index in [1.807, 2.05) is 41.8 Å². The predicted molar refractivity (Wildman–Crippen MR) is 65.8 cm³/mol. The molecule has 0 aliphatic heterocycles. The average Bonchev–Trinajstić information content (AvgIpc) is 2.30. The van der Waals surface area contributed by atoms with E-state index in [4.69, 9.17) is 17.4 Å². The van der Waals surface area contributed by atoms with Crippen LogP contribution in [-0.2, 0) is 16.2 Å². The molecule has 0 aliphatic rings. The molecule has 0 fully saturated rings. The van der Waals surface area contributed by atoms with Gasteiger partial charge in [0.1, 0.15) is 0 Å². The monoisotopic (exact) mass is 257 g/mol. The van der Waals surface area contributed by atoms with Crippen molar-refractivity contribution >= 4 is 17.6 Å². The maximum atomic E-state index is 11.0. The molecule has 0 atom stereocenters. The first-order chi connectivity index (χ1) is 8.11. The Bertz CT molecular complexity index is 356. The van der Waals surface area contributed by atoms with E-state index in [9.17, 15) is 4.79 Å². The van der Waals surface area contributed by atoms with E-state index < -0.39 is 0 Å². The molecule has 0 aromatic heterocycles. The number of nitrogens with one attached hydrogen (secondary N) is 1. The highest BCUT2D eigenvalue weighted by molar-refractivity contribution is 6.30. The zero-order valence-electron chi connectivity index (χ0n) is 9.65. The van der Waals surface area contributed by atoms with Crippen molar-refractivity contribution in [2.75, 3.05) is 13.6 Å². The highest BCUT2D eigenvalue weighted by Crippen LogP contribution is 2.10. The second kappa shape index (κ2) is 7.24. The van der Waals surface area contributed by atoms with Crippen LogP contribution in [0.4, 0.5) is 0 Å². The Hall–Kier alpha value is -1.14. The van der Waals surface area contributed by atoms with E-state index >= 15 is 0 Å². The van der Waals surface area contributed by atoms with Crippen LogP contribution in [0.25, 0.3) is 0 Å². The molecular formula is C11H16ClN3O2. The fraction of sp³-hybridized carbons (Fsp3) is 0.364. The SMILES string of the molecule is CN(CCC(=O)ONN)Cc1ccc(Cl)cc1. The first-order valence-electron chi connectivity index (χ1n) is 5.20. The molecule has 94 valence electrons. The van der Waals surface area contributed by atoms with Gasteiger partial charge in [-0.2, -0.15) is 0 Å². The molecule has 17 heavy (non-hydrogen) atoms. The van der Waals surface area contributed by atoms with E-state index in [0.29, 0.717) is 11.6 Å². The van der Waals surface area contributed by atoms with E-state index in [-0.39, 0.29) is 12.4 Å². The number of benzene rings is 1. The Balaban J connectivity index is 2.31. The van der Waals surface area contributed by atoms with Crippen LogP contribution < -0.4 is 11.4 Å². The van der Waals surface area contributed by atoms with Gasteiger partial charge in [0.25, 0.3) is 0 Å². The molecule has 0 bridgehead atoms. The summed E-state index contributed by atoms with van der Waals surface area (Å²) in [4.78, 5) is 17.5. The Morgan fingerprint density at radius 1 is 1.47 bits per heavy atom. The van der Waals surface area contributed by atoms with Gasteiger partial charge in [-0.1, -0.05) is 29.3 Å². The normalized spacial score (nSPS) is 10.6. The number of carbonyl (C=O) groups excluding carboxylic acids is 1. The Morgan fingerprint density at radius 3 is 2.71 bits per heavy atom. The van der Waals surface area contributed by atoms with Crippen LogP contribution >= 0.6 is 11.6 Å². The molecule has 3 N–H and O–H groups in total. The van der Waals surface area contributed by atoms with E-state index in [2.05, 4.69) is 4.84 Å². The van der Waals surface area contributed by atoms with Crippen molar-refractivity contribution in [3.05, 3.63) is 34.9 Å². The van der Waals surface area contributed by atoms with Crippen molar-refractivity contribution in [2.45, 2.75) is 13.0 Å². The summed E-state index contributed by atoms with van der Waals surface area (Å²) in [6.07, 6.45) is 0.286. The summed E-state index contributed by atoms with van der Waals surface area (Å²) in [5.74, 6) is 4.48. The van der Waals surface area contributed by atoms with Crippen LogP contribution in [0.3, 0.4) is 0 Å². The van der Waals surface area contributed by atoms with Crippen LogP contribution in [0.5, 0.6) is 0 Å². The van der Waals surface area contributed by atoms with Gasteiger partial charge >= 0.3 is 5.97 Å². The summed E-state index contributed by atoms with van der Waals surface area (Å²) in [5, 5.41) is 0.717. The van der Waals surface area contributed by atoms with E-state index in [1.54, 1.807) is 0 Å². The number of carbonyl (C=O) groups is 1. The molecule has 0 unspecified atom stereocenters. The lowest BCUT2D eigenvalue weighted by Crippen LogP contribution is -2.29. The lowest BCUT2D eigenvalue weighted by molar-refractivity contribution is -0.151. The minimum atomic E-state index is -0.379. The van der Waals surface area contributed by atoms with Crippen LogP contribution in [0, 0.1) is 0 Å². The number of hydrogen-bond donors (Lipinski definition) is 2. The number of halogens is 1. The largest absolute Gasteiger partial charge is 0.356 e. The molecular weight excluding hydrogens is 242 g/mol. The van der Waals surface area contributed by atoms with Gasteiger partial charge in [-0.3, -0.25) is 4.79 Å². The third-order valence-electron chi connectivity index (χ3n) is 2.24. The number of hydrogen-bond acceptors (Lipinski definition) is 5. The van der Waals surface area contributed by atoms with Gasteiger partial charge in [-0.25, -0.2) is 5.84 Å². The summed E-state index contributed by atoms with van der Waals surface area (Å²) < 4.78 is 0. The zero-order chi connectivity index (χ0) is 12.7. The number of nitrogens with zero attached hydrogens (tertiary/aromatic N) is 1. The fourth-order valence-corrected chi connectivity index (χ4v) is 1.51. The lowest BCUT2D eigenvalue weighted by Gasteiger charge is -2.15. The minimum Gasteiger partial charge on any atom is -0.356 e. The molecule has 0 aliphatic carbocycles. The average molecular weight is 258 g/mol. The quantitative estimate of drug-likeness (QED) is 0.590. The zero-order valence-corrected chi connectivity index (χ0v) is 10.4. The molecule has 0 amide bonds. The Kier molecular flexibility index (Phi) is 5.93. The number of rotatable bonds is 6. The van der Waals surface area contributed by atoms with Crippen molar-refractivity contribution in [1.29, 1.82) is 0 Å². The van der Waals surface area contributed by atoms with Gasteiger partial charge in [0, 0.05) is 18.1 Å². The third kappa shape index (κ3) is 5.65. The van der Waals surface area contributed by atoms with Gasteiger partial charge in [0.15, 0.2) is 0 Å². The van der Waals surface area contributed by atoms with Crippen molar-refractivity contribution in [2.24, 2.45) is 5.84 Å². The summed E-state index contributed by atoms with van der Waals surface area (Å²) in [5.41, 5.74) is 3.01. The number of hydrazine groups is 1. The summed E-state index contributed by atoms with van der Waals surface area (Å²) in [6.45, 7) is 1.35. The summed E-state index contributed by atoms with van der Waals surface area (Å²) >= 11 is 5.79. The Labute approximate surface area is 105 Å². The first-order valence-corrected chi connectivity index (χ1v) is 5.58. The van der Waals surface area contributed by atoms with Crippen molar-refractivity contribution in [3.63, 3.8) is 0 Å². The van der Waals surface area contributed by atoms with Crippen LogP contribution in [-0.4, -0.2) is 24.5 Å². The molecule has 0 saturated heterocycles. The summed E-state index contributed by atoms with van der Waals surface area (Å²) in [7, 11) is 1.93. The second-order valence-corrected chi connectivity index (χ2v) is 4.14. The van der Waals surface area contributed by atoms with Gasteiger partial charge in [-0.15, -0.1) is 0 Å². The molecule has 5 nitrogen and oxygen atoms in total. The highest BCUT2D eigenvalue weighted by Gasteiger charge is 2.06. The van der Waals surface area contributed by atoms with Crippen molar-refractivity contribution in [3.8, 4) is 0 Å². The van der Waals surface area contributed by atoms with Gasteiger partial charge in [0.05, 0.1) is 6.42 Å². The molecule has 1 rings (SSSR count). The van der Waals surface area contributed by atoms with Crippen molar-refractivity contribution in [1.82, 2.24) is 10.5 Å². The maximum absolute atomic E-state index is 11.0. The van der Waals surface area contributed by atoms with Gasteiger partial charge < -0.3 is 9.74 Å². The molecule has 0 saturated carbocycles. The number of nitrogens with two attached hydrogens (primary N) is 1. The molecule has 0 radical (unpaired) electrons. The topological polar surface area (TPSA) is 67.6 Å². The van der Waals surface area contributed by atoms with Gasteiger partial charge in [0.2, 0.25) is 0 Å². The van der Waals surface area contributed by atoms with Gasteiger partial charge in [-0.05, 0) is 24.7 Å². The predicted octanol–water partition coefficient (Wildman–Crippen LogP) is 1.08. The minimum absolute atomic E-state index is 0.286. The first kappa shape index (κ1) is 13.9. The lowest BCUT2D eigenvalue weighted by atomic mass is 10.2. The van der Waals surface area contributed by atoms with Crippen LogP contribution in [0.15, 0.2) is 24.3 Å². The van der Waals surface area contributed by atoms with Crippen LogP contribution in [0.1, 0.15) is 12.0 Å². The maximum Gasteiger partial charge on any atom is 0.327 e. The Morgan fingerprint density at radius 2 is 2.12 bits per heavy atom. The molecule has 6 heteroatoms. The highest BCUT2D eigenvalue weighted by atomic mass is 35.5. The summed E-state index contributed by atoms with van der Waals surface area (Å²) in [6, 6.07) is 7.60. The van der Waals surface area contributed by atoms with E-state index in [0.717, 1.165) is 12.1 Å². The third-order valence-corrected chi connectivity index (χ3v) is 2.49. The van der Waals surface area contributed by atoms with Crippen LogP contribution in [0.2, 0.25) is 5.02 Å². The van der Waals surface area contributed by atoms with Crippen molar-refractivity contribution < 1.29 is 9.63 Å². The smallest absolute Gasteiger partial charge is 0.327 e. The fourth-order valence-electron chi connectivity index (χ4n) is 1.38. The second-order valence-electron chi connectivity index (χ2n) is 3.71. The molecule has 0 spiro atoms. The van der Waals surface area contributed by atoms with E-state index in [1.165, 1.54) is 0 Å². The standard InChI is InChI=1S/C11H16ClN3O2/c1-15(7-6-11(16)17-14-13)8-9-2-4-10(12)5-3-9/h2-5,14H,6-8,13H2,1H3. The molecule has 0 heterocycles.